The van der Waals surface area contributed by atoms with E-state index in [1.54, 1.807) is 12.1 Å². The molecule has 2 aliphatic heterocycles. The number of primary amides is 1. The van der Waals surface area contributed by atoms with Gasteiger partial charge in [-0.25, -0.2) is 4.39 Å². The second kappa shape index (κ2) is 4.24. The SMILES string of the molecule is NC(=O)c1ccc(N2CC[C@H]3CNC[C@H]32)c(F)c1. The Morgan fingerprint density at radius 1 is 1.44 bits per heavy atom. The molecular formula is C13H16FN3O. The van der Waals surface area contributed by atoms with Crippen LogP contribution in [0, 0.1) is 11.7 Å². The van der Waals surface area contributed by atoms with Crippen LogP contribution >= 0.6 is 0 Å². The van der Waals surface area contributed by atoms with Gasteiger partial charge in [-0.1, -0.05) is 0 Å². The third-order valence-corrected chi connectivity index (χ3v) is 3.99. The molecule has 0 saturated carbocycles. The Bertz CT molecular complexity index is 491. The second-order valence-electron chi connectivity index (χ2n) is 5.00. The molecular weight excluding hydrogens is 233 g/mol. The Kier molecular flexibility index (Phi) is 2.70. The fourth-order valence-electron chi connectivity index (χ4n) is 3.04. The average molecular weight is 249 g/mol. The number of benzene rings is 1. The van der Waals surface area contributed by atoms with Gasteiger partial charge < -0.3 is 16.0 Å². The molecule has 0 bridgehead atoms. The van der Waals surface area contributed by atoms with E-state index in [4.69, 9.17) is 5.73 Å². The van der Waals surface area contributed by atoms with Crippen molar-refractivity contribution in [1.82, 2.24) is 5.32 Å². The highest BCUT2D eigenvalue weighted by atomic mass is 19.1. The highest BCUT2D eigenvalue weighted by Crippen LogP contribution is 2.33. The molecule has 0 aliphatic carbocycles. The fourth-order valence-corrected chi connectivity index (χ4v) is 3.04. The van der Waals surface area contributed by atoms with Crippen molar-refractivity contribution in [3.8, 4) is 0 Å². The van der Waals surface area contributed by atoms with Crippen molar-refractivity contribution in [3.63, 3.8) is 0 Å². The molecule has 2 atom stereocenters. The van der Waals surface area contributed by atoms with E-state index in [-0.39, 0.29) is 11.4 Å². The number of fused-ring (bicyclic) bond motifs is 1. The zero-order valence-electron chi connectivity index (χ0n) is 10.0. The molecule has 18 heavy (non-hydrogen) atoms. The summed E-state index contributed by atoms with van der Waals surface area (Å²) in [5.41, 5.74) is 5.94. The van der Waals surface area contributed by atoms with Crippen LogP contribution in [0.25, 0.3) is 0 Å². The minimum absolute atomic E-state index is 0.219. The molecule has 3 rings (SSSR count). The van der Waals surface area contributed by atoms with E-state index in [0.717, 1.165) is 26.1 Å². The van der Waals surface area contributed by atoms with Gasteiger partial charge in [-0.3, -0.25) is 4.79 Å². The normalized spacial score (nSPS) is 26.4. The van der Waals surface area contributed by atoms with Gasteiger partial charge in [-0.2, -0.15) is 0 Å². The van der Waals surface area contributed by atoms with Crippen molar-refractivity contribution in [3.05, 3.63) is 29.6 Å². The summed E-state index contributed by atoms with van der Waals surface area (Å²) < 4.78 is 14.0. The van der Waals surface area contributed by atoms with Crippen LogP contribution < -0.4 is 16.0 Å². The van der Waals surface area contributed by atoms with Crippen molar-refractivity contribution in [2.24, 2.45) is 11.7 Å². The van der Waals surface area contributed by atoms with Gasteiger partial charge in [0.25, 0.3) is 0 Å². The first kappa shape index (κ1) is 11.5. The summed E-state index contributed by atoms with van der Waals surface area (Å²) >= 11 is 0. The van der Waals surface area contributed by atoms with Gasteiger partial charge in [-0.05, 0) is 30.5 Å². The van der Waals surface area contributed by atoms with Crippen molar-refractivity contribution >= 4 is 11.6 Å². The summed E-state index contributed by atoms with van der Waals surface area (Å²) in [5.74, 6) is -0.346. The third-order valence-electron chi connectivity index (χ3n) is 3.99. The van der Waals surface area contributed by atoms with Gasteiger partial charge >= 0.3 is 0 Å². The predicted octanol–water partition coefficient (Wildman–Crippen LogP) is 0.723. The van der Waals surface area contributed by atoms with Crippen molar-refractivity contribution in [2.75, 3.05) is 24.5 Å². The fraction of sp³-hybridized carbons (Fsp3) is 0.462. The molecule has 0 unspecified atom stereocenters. The number of nitrogens with zero attached hydrogens (tertiary/aromatic N) is 1. The number of carbonyl (C=O) groups excluding carboxylic acids is 1. The number of rotatable bonds is 2. The zero-order valence-corrected chi connectivity index (χ0v) is 10.0. The van der Waals surface area contributed by atoms with E-state index in [0.29, 0.717) is 17.6 Å². The Labute approximate surface area is 105 Å². The smallest absolute Gasteiger partial charge is 0.248 e. The topological polar surface area (TPSA) is 58.4 Å². The van der Waals surface area contributed by atoms with E-state index in [2.05, 4.69) is 10.2 Å². The number of halogens is 1. The molecule has 2 saturated heterocycles. The summed E-state index contributed by atoms with van der Waals surface area (Å²) in [5, 5.41) is 3.33. The molecule has 5 heteroatoms. The Balaban J connectivity index is 1.90. The highest BCUT2D eigenvalue weighted by molar-refractivity contribution is 5.93. The first-order valence-electron chi connectivity index (χ1n) is 6.23. The molecule has 4 nitrogen and oxygen atoms in total. The summed E-state index contributed by atoms with van der Waals surface area (Å²) in [6, 6.07) is 4.86. The van der Waals surface area contributed by atoms with Crippen LogP contribution in [0.3, 0.4) is 0 Å². The van der Waals surface area contributed by atoms with Crippen LogP contribution in [-0.4, -0.2) is 31.6 Å². The highest BCUT2D eigenvalue weighted by Gasteiger charge is 2.38. The van der Waals surface area contributed by atoms with Crippen molar-refractivity contribution in [2.45, 2.75) is 12.5 Å². The molecule has 1 aromatic carbocycles. The maximum Gasteiger partial charge on any atom is 0.248 e. The van der Waals surface area contributed by atoms with E-state index in [1.807, 2.05) is 0 Å². The van der Waals surface area contributed by atoms with Gasteiger partial charge in [-0.15, -0.1) is 0 Å². The van der Waals surface area contributed by atoms with Crippen molar-refractivity contribution < 1.29 is 9.18 Å². The first-order valence-corrected chi connectivity index (χ1v) is 6.23. The van der Waals surface area contributed by atoms with Gasteiger partial charge in [0.2, 0.25) is 5.91 Å². The Morgan fingerprint density at radius 3 is 3.00 bits per heavy atom. The number of nitrogens with two attached hydrogens (primary N) is 1. The quantitative estimate of drug-likeness (QED) is 0.812. The number of hydrogen-bond acceptors (Lipinski definition) is 3. The number of nitrogens with one attached hydrogen (secondary N) is 1. The Hall–Kier alpha value is -1.62. The average Bonchev–Trinajstić information content (AvgIpc) is 2.91. The monoisotopic (exact) mass is 249 g/mol. The lowest BCUT2D eigenvalue weighted by molar-refractivity contribution is 0.1000. The number of hydrogen-bond donors (Lipinski definition) is 2. The van der Waals surface area contributed by atoms with Crippen LogP contribution in [0.2, 0.25) is 0 Å². The van der Waals surface area contributed by atoms with E-state index < -0.39 is 5.91 Å². The molecule has 1 amide bonds. The van der Waals surface area contributed by atoms with Crippen LogP contribution in [0.15, 0.2) is 18.2 Å². The summed E-state index contributed by atoms with van der Waals surface area (Å²) in [7, 11) is 0. The van der Waals surface area contributed by atoms with Crippen molar-refractivity contribution in [1.29, 1.82) is 0 Å². The predicted molar refractivity (Wildman–Crippen MR) is 67.0 cm³/mol. The van der Waals surface area contributed by atoms with Gasteiger partial charge in [0.15, 0.2) is 0 Å². The molecule has 2 aliphatic rings. The first-order chi connectivity index (χ1) is 8.66. The zero-order chi connectivity index (χ0) is 12.7. The minimum Gasteiger partial charge on any atom is -0.366 e. The van der Waals surface area contributed by atoms with Gasteiger partial charge in [0.1, 0.15) is 5.82 Å². The van der Waals surface area contributed by atoms with Gasteiger partial charge in [0.05, 0.1) is 5.69 Å². The van der Waals surface area contributed by atoms with Crippen LogP contribution in [-0.2, 0) is 0 Å². The molecule has 96 valence electrons. The number of anilines is 1. The number of carbonyl (C=O) groups is 1. The third kappa shape index (κ3) is 1.75. The Morgan fingerprint density at radius 2 is 2.28 bits per heavy atom. The maximum atomic E-state index is 14.0. The molecule has 1 aromatic rings. The maximum absolute atomic E-state index is 14.0. The molecule has 3 N–H and O–H groups in total. The largest absolute Gasteiger partial charge is 0.366 e. The lowest BCUT2D eigenvalue weighted by Crippen LogP contribution is -2.34. The summed E-state index contributed by atoms with van der Waals surface area (Å²) in [4.78, 5) is 13.1. The van der Waals surface area contributed by atoms with Crippen LogP contribution in [0.1, 0.15) is 16.8 Å². The van der Waals surface area contributed by atoms with E-state index in [9.17, 15) is 9.18 Å². The molecule has 0 spiro atoms. The molecule has 2 fully saturated rings. The summed E-state index contributed by atoms with van der Waals surface area (Å²) in [6.07, 6.45) is 1.09. The lowest BCUT2D eigenvalue weighted by atomic mass is 10.0. The van der Waals surface area contributed by atoms with E-state index in [1.165, 1.54) is 6.07 Å². The standard InChI is InChI=1S/C13H16FN3O/c14-10-5-8(13(15)18)1-2-11(10)17-4-3-9-6-16-7-12(9)17/h1-2,5,9,12,16H,3-4,6-7H2,(H2,15,18)/t9-,12+/m0/s1. The van der Waals surface area contributed by atoms with Crippen LogP contribution in [0.5, 0.6) is 0 Å². The number of amides is 1. The molecule has 2 heterocycles. The summed E-state index contributed by atoms with van der Waals surface area (Å²) in [6.45, 7) is 2.80. The van der Waals surface area contributed by atoms with Gasteiger partial charge in [0, 0.05) is 31.2 Å². The minimum atomic E-state index is -0.595. The molecule has 0 aromatic heterocycles. The van der Waals surface area contributed by atoms with E-state index >= 15 is 0 Å². The molecule has 0 radical (unpaired) electrons. The lowest BCUT2D eigenvalue weighted by Gasteiger charge is -2.26. The van der Waals surface area contributed by atoms with Crippen LogP contribution in [0.4, 0.5) is 10.1 Å². The second-order valence-corrected chi connectivity index (χ2v) is 5.00.